The molecule has 518 valence electrons. The van der Waals surface area contributed by atoms with Crippen LogP contribution in [0.2, 0.25) is 0 Å². The normalized spacial score (nSPS) is 49.3. The molecule has 1 amide bonds. The molecule has 0 radical (unpaired) electrons. The molecule has 7 rings (SSSR count). The number of hydrogen-bond acceptors (Lipinski definition) is 39. The van der Waals surface area contributed by atoms with E-state index in [9.17, 15) is 137 Å². The largest absolute Gasteiger partial charge is 0.477 e. The maximum Gasteiger partial charge on any atom is 0.364 e. The van der Waals surface area contributed by atoms with Gasteiger partial charge in [-0.2, -0.15) is 0 Å². The van der Waals surface area contributed by atoms with E-state index in [1.807, 2.05) is 0 Å². The van der Waals surface area contributed by atoms with Crippen molar-refractivity contribution in [3.8, 4) is 0 Å². The second kappa shape index (κ2) is 31.3. The highest BCUT2D eigenvalue weighted by Crippen LogP contribution is 2.41. The molecule has 0 spiro atoms. The molecule has 0 saturated carbocycles. The van der Waals surface area contributed by atoms with E-state index in [1.165, 1.54) is 0 Å². The molecule has 37 atom stereocenters. The van der Waals surface area contributed by atoms with Gasteiger partial charge in [0.25, 0.3) is 5.79 Å². The molecule has 26 N–H and O–H groups in total. The van der Waals surface area contributed by atoms with Crippen molar-refractivity contribution in [2.24, 2.45) is 0 Å². The van der Waals surface area contributed by atoms with Gasteiger partial charge in [0.15, 0.2) is 37.7 Å². The van der Waals surface area contributed by atoms with Crippen molar-refractivity contribution in [3.63, 3.8) is 0 Å². The second-order valence-electron chi connectivity index (χ2n) is 22.3. The summed E-state index contributed by atoms with van der Waals surface area (Å²) in [5.74, 6) is -6.38. The first-order valence-corrected chi connectivity index (χ1v) is 27.9. The van der Waals surface area contributed by atoms with Crippen molar-refractivity contribution in [3.05, 3.63) is 0 Å². The van der Waals surface area contributed by atoms with Gasteiger partial charge in [0.2, 0.25) is 5.91 Å². The molecule has 7 fully saturated rings. The number of hydrogen-bond donors (Lipinski definition) is 26. The van der Waals surface area contributed by atoms with E-state index >= 15 is 0 Å². The van der Waals surface area contributed by atoms with Gasteiger partial charge in [-0.25, -0.2) is 4.79 Å². The maximum absolute atomic E-state index is 12.7. The Kier molecular flexibility index (Phi) is 26.0. The zero-order valence-electron chi connectivity index (χ0n) is 46.7. The Hall–Kier alpha value is -2.54. The van der Waals surface area contributed by atoms with Crippen LogP contribution in [0.5, 0.6) is 0 Å². The van der Waals surface area contributed by atoms with E-state index in [1.54, 1.807) is 0 Å². The molecule has 0 unspecified atom stereocenters. The lowest BCUT2D eigenvalue weighted by atomic mass is 9.91. The standard InChI is InChI=1S/C48H81NO40/c1-10(57)49-19-23(65)20(62)15(6-53)77-41(19)88-40-37(85-44-29(71)26(68)36(18(9-56)80-44)84-42-27(69)24(66)21(63)16(7-54)78-42)30(72)32(12(59)3-50)81-46(40)86-38-31(73)45(82-33-11(58)2-48(76,47(74)75)89-35(33)14(61)5-52)83-34(13(60)4-51)39(38)87-43-28(70)25(67)22(64)17(8-55)79-43/h11-46,50-56,58-73,76H,2-9H2,1H3,(H,49,57)(H,74,75)/t11-,12+,13+,14-,15-,16-,17-,18-,19-,20-,21+,22-,23-,24+,25+,26-,27-,28-,29-,30-,31+,32-,33-,34-,35-,36-,37+,38-,39-,40+,41-,42+,43+,44-,45+,46-,48-/m1/s1. The van der Waals surface area contributed by atoms with Gasteiger partial charge < -0.3 is 195 Å². The Bertz CT molecular complexity index is 2220. The van der Waals surface area contributed by atoms with Crippen LogP contribution in [0.15, 0.2) is 0 Å². The topological polar surface area (TPSA) is 672 Å². The number of carbonyl (C=O) groups is 2. The fraction of sp³-hybridized carbons (Fsp3) is 0.958. The van der Waals surface area contributed by atoms with E-state index in [0.29, 0.717) is 0 Å². The van der Waals surface area contributed by atoms with Gasteiger partial charge in [-0.05, 0) is 0 Å². The van der Waals surface area contributed by atoms with Crippen LogP contribution in [-0.2, 0) is 71.2 Å². The number of carboxylic acids is 1. The third-order valence-electron chi connectivity index (χ3n) is 16.2. The molecule has 7 aliphatic heterocycles. The third-order valence-corrected chi connectivity index (χ3v) is 16.2. The van der Waals surface area contributed by atoms with Gasteiger partial charge in [0.1, 0.15) is 177 Å². The van der Waals surface area contributed by atoms with Crippen molar-refractivity contribution >= 4 is 11.9 Å². The van der Waals surface area contributed by atoms with Crippen molar-refractivity contribution in [2.45, 2.75) is 240 Å². The number of nitrogens with one attached hydrogen (secondary N) is 1. The first-order valence-electron chi connectivity index (χ1n) is 27.9. The summed E-state index contributed by atoms with van der Waals surface area (Å²) < 4.78 is 75.9. The molecule has 7 heterocycles. The third kappa shape index (κ3) is 15.6. The molecular formula is C48H81NO40. The van der Waals surface area contributed by atoms with Gasteiger partial charge in [0, 0.05) is 13.3 Å². The quantitative estimate of drug-likeness (QED) is 0.0427. The van der Waals surface area contributed by atoms with Gasteiger partial charge in [-0.15, -0.1) is 0 Å². The molecule has 7 aliphatic rings. The van der Waals surface area contributed by atoms with Crippen LogP contribution in [0.3, 0.4) is 0 Å². The van der Waals surface area contributed by atoms with Crippen LogP contribution >= 0.6 is 0 Å². The summed E-state index contributed by atoms with van der Waals surface area (Å²) in [7, 11) is 0. The SMILES string of the molecule is CC(=O)N[C@H]1[C@@H](O[C@@H]2[C@@H](O[C@@H]3[C@H](O)[C@@H](O[C@H]4[C@@H]([C@H](O)CO)O[C@@](O)(C(=O)O)C[C@H]4O)O[C@H]([C@@H](O)CO)[C@H]3O[C@@H]3O[C@H](CO)[C@@H](O)[C@H](O)[C@H]3O)O[C@H]([C@@H](O)CO)[C@@H](O)[C@@H]2O[C@H]2O[C@H](CO)[C@@H](O[C@@H]3O[C@H](CO)[C@H](O)[C@H](O)[C@H]3O)[C@H](O)[C@H]2O)O[C@H](CO)[C@@H](O)[C@@H]1O. The van der Waals surface area contributed by atoms with Gasteiger partial charge >= 0.3 is 5.97 Å². The van der Waals surface area contributed by atoms with Crippen LogP contribution in [-0.4, -0.2) is 412 Å². The number of aliphatic hydroxyl groups excluding tert-OH is 23. The fourth-order valence-electron chi connectivity index (χ4n) is 11.2. The average molecular weight is 1310 g/mol. The molecule has 0 bridgehead atoms. The van der Waals surface area contributed by atoms with Crippen LogP contribution in [0, 0.1) is 0 Å². The van der Waals surface area contributed by atoms with Crippen LogP contribution in [0.4, 0.5) is 0 Å². The lowest BCUT2D eigenvalue weighted by molar-refractivity contribution is -0.421. The smallest absolute Gasteiger partial charge is 0.364 e. The molecule has 0 aliphatic carbocycles. The highest BCUT2D eigenvalue weighted by molar-refractivity contribution is 5.75. The lowest BCUT2D eigenvalue weighted by Crippen LogP contribution is -2.72. The predicted octanol–water partition coefficient (Wildman–Crippen LogP) is -17.6. The van der Waals surface area contributed by atoms with Crippen LogP contribution < -0.4 is 5.32 Å². The molecule has 41 nitrogen and oxygen atoms in total. The van der Waals surface area contributed by atoms with Crippen molar-refractivity contribution in [2.75, 3.05) is 46.2 Å². The molecule has 0 aromatic heterocycles. The highest BCUT2D eigenvalue weighted by atomic mass is 16.8. The fourth-order valence-corrected chi connectivity index (χ4v) is 11.2. The van der Waals surface area contributed by atoms with E-state index in [2.05, 4.69) is 5.32 Å². The summed E-state index contributed by atoms with van der Waals surface area (Å²) in [6.45, 7) is -7.49. The second-order valence-corrected chi connectivity index (χ2v) is 22.3. The minimum Gasteiger partial charge on any atom is -0.477 e. The molecule has 7 saturated heterocycles. The summed E-state index contributed by atoms with van der Waals surface area (Å²) in [6, 6.07) is -1.97. The molecule has 0 aromatic carbocycles. The number of amides is 1. The number of aliphatic carboxylic acids is 1. The first-order chi connectivity index (χ1) is 41.9. The van der Waals surface area contributed by atoms with E-state index in [0.717, 1.165) is 6.92 Å². The highest BCUT2D eigenvalue weighted by Gasteiger charge is 2.62. The Morgan fingerprint density at radius 3 is 1.29 bits per heavy atom. The van der Waals surface area contributed by atoms with Crippen molar-refractivity contribution in [1.82, 2.24) is 5.32 Å². The molecular weight excluding hydrogens is 1230 g/mol. The van der Waals surface area contributed by atoms with Crippen molar-refractivity contribution < 1.29 is 199 Å². The summed E-state index contributed by atoms with van der Waals surface area (Å²) in [6.07, 6.45) is -80.3. The molecule has 0 aromatic rings. The van der Waals surface area contributed by atoms with Crippen molar-refractivity contribution in [1.29, 1.82) is 0 Å². The molecule has 89 heavy (non-hydrogen) atoms. The zero-order valence-corrected chi connectivity index (χ0v) is 46.7. The average Bonchev–Trinajstić information content (AvgIpc) is 1.47. The van der Waals surface area contributed by atoms with E-state index < -0.39 is 291 Å². The summed E-state index contributed by atoms with van der Waals surface area (Å²) in [4.78, 5) is 24.8. The minimum absolute atomic E-state index is 0.912. The predicted molar refractivity (Wildman–Crippen MR) is 267 cm³/mol. The van der Waals surface area contributed by atoms with E-state index in [4.69, 9.17) is 61.6 Å². The Morgan fingerprint density at radius 1 is 0.416 bits per heavy atom. The van der Waals surface area contributed by atoms with Crippen LogP contribution in [0.25, 0.3) is 0 Å². The minimum atomic E-state index is -3.30. The summed E-state index contributed by atoms with van der Waals surface area (Å²) in [5.41, 5.74) is 0. The summed E-state index contributed by atoms with van der Waals surface area (Å²) >= 11 is 0. The monoisotopic (exact) mass is 1310 g/mol. The Morgan fingerprint density at radius 2 is 0.798 bits per heavy atom. The first kappa shape index (κ1) is 73.9. The number of ether oxygens (including phenoxy) is 13. The van der Waals surface area contributed by atoms with E-state index in [-0.39, 0.29) is 0 Å². The number of carbonyl (C=O) groups excluding carboxylic acids is 1. The lowest BCUT2D eigenvalue weighted by Gasteiger charge is -2.53. The van der Waals surface area contributed by atoms with Gasteiger partial charge in [0.05, 0.1) is 52.4 Å². The number of aliphatic hydroxyl groups is 24. The summed E-state index contributed by atoms with van der Waals surface area (Å²) in [5, 5.41) is 274. The van der Waals surface area contributed by atoms with Gasteiger partial charge in [-0.1, -0.05) is 0 Å². The number of rotatable bonds is 24. The zero-order chi connectivity index (χ0) is 66.0. The molecule has 41 heteroatoms. The Balaban J connectivity index is 1.36. The number of carboxylic acid groups (broad SMARTS) is 1. The Labute approximate surface area is 501 Å². The van der Waals surface area contributed by atoms with Crippen LogP contribution in [0.1, 0.15) is 13.3 Å². The van der Waals surface area contributed by atoms with Gasteiger partial charge in [-0.3, -0.25) is 4.79 Å². The maximum atomic E-state index is 12.7.